The molecule has 0 aliphatic carbocycles. The number of nitrogens with zero attached hydrogens (tertiary/aromatic N) is 2. The first-order chi connectivity index (χ1) is 15.9. The van der Waals surface area contributed by atoms with E-state index in [0.717, 1.165) is 50.2 Å². The first-order valence-corrected chi connectivity index (χ1v) is 10.9. The Kier molecular flexibility index (Phi) is 6.89. The molecule has 1 fully saturated rings. The number of pyridine rings is 1. The molecule has 3 aromatic rings. The number of hydrogen-bond donors (Lipinski definition) is 1. The van der Waals surface area contributed by atoms with Gasteiger partial charge in [0.1, 0.15) is 5.82 Å². The quantitative estimate of drug-likeness (QED) is 0.542. The number of carbonyl (C=O) groups excluding carboxylic acids is 2. The van der Waals surface area contributed by atoms with Crippen LogP contribution in [0.15, 0.2) is 60.8 Å². The van der Waals surface area contributed by atoms with E-state index in [-0.39, 0.29) is 17.3 Å². The van der Waals surface area contributed by atoms with Crippen molar-refractivity contribution in [1.82, 2.24) is 9.88 Å². The molecule has 1 saturated heterocycles. The van der Waals surface area contributed by atoms with Crippen LogP contribution in [0.3, 0.4) is 0 Å². The zero-order valence-corrected chi connectivity index (χ0v) is 18.4. The van der Waals surface area contributed by atoms with Crippen LogP contribution in [0.4, 0.5) is 14.6 Å². The van der Waals surface area contributed by atoms with Gasteiger partial charge >= 0.3 is 0 Å². The Bertz CT molecular complexity index is 1160. The van der Waals surface area contributed by atoms with Crippen LogP contribution in [-0.4, -0.2) is 34.7 Å². The Morgan fingerprint density at radius 2 is 1.67 bits per heavy atom. The number of benzene rings is 2. The number of halogens is 2. The molecule has 2 aromatic carbocycles. The lowest BCUT2D eigenvalue weighted by atomic mass is 9.89. The van der Waals surface area contributed by atoms with Gasteiger partial charge in [-0.05, 0) is 73.3 Å². The average molecular weight is 450 g/mol. The van der Waals surface area contributed by atoms with Crippen LogP contribution in [0, 0.1) is 11.6 Å². The van der Waals surface area contributed by atoms with E-state index in [1.54, 1.807) is 18.3 Å². The van der Waals surface area contributed by atoms with Gasteiger partial charge in [0, 0.05) is 30.8 Å². The Morgan fingerprint density at radius 3 is 2.33 bits per heavy atom. The highest BCUT2D eigenvalue weighted by molar-refractivity contribution is 6.08. The van der Waals surface area contributed by atoms with E-state index >= 15 is 0 Å². The van der Waals surface area contributed by atoms with Crippen molar-refractivity contribution in [2.45, 2.75) is 32.2 Å². The van der Waals surface area contributed by atoms with Crippen molar-refractivity contribution >= 4 is 17.5 Å². The summed E-state index contributed by atoms with van der Waals surface area (Å²) >= 11 is 0. The Balaban J connectivity index is 1.33. The standard InChI is InChI=1S/C26H25F2N3O2/c1-17(32)30-25-15-21(8-11-29-25)19-9-12-31(13-10-19)16-18-2-4-20(5-3-18)26(33)22-6-7-23(27)24(28)14-22/h2-8,11,14-15,19H,9-10,12-13,16H2,1H3,(H,29,30,32). The fraction of sp³-hybridized carbons (Fsp3) is 0.269. The van der Waals surface area contributed by atoms with Gasteiger partial charge in [-0.25, -0.2) is 13.8 Å². The van der Waals surface area contributed by atoms with E-state index in [1.165, 1.54) is 18.6 Å². The number of anilines is 1. The minimum Gasteiger partial charge on any atom is -0.311 e. The van der Waals surface area contributed by atoms with Gasteiger partial charge in [0.25, 0.3) is 0 Å². The molecule has 5 nitrogen and oxygen atoms in total. The van der Waals surface area contributed by atoms with Gasteiger partial charge in [-0.15, -0.1) is 0 Å². The highest BCUT2D eigenvalue weighted by Gasteiger charge is 2.21. The van der Waals surface area contributed by atoms with E-state index in [9.17, 15) is 18.4 Å². The van der Waals surface area contributed by atoms with Crippen LogP contribution in [0.5, 0.6) is 0 Å². The molecule has 1 aliphatic rings. The SMILES string of the molecule is CC(=O)Nc1cc(C2CCN(Cc3ccc(C(=O)c4ccc(F)c(F)c4)cc3)CC2)ccn1. The molecule has 0 radical (unpaired) electrons. The van der Waals surface area contributed by atoms with Crippen LogP contribution < -0.4 is 5.32 Å². The molecule has 1 aromatic heterocycles. The van der Waals surface area contributed by atoms with Gasteiger partial charge in [-0.2, -0.15) is 0 Å². The highest BCUT2D eigenvalue weighted by atomic mass is 19.2. The summed E-state index contributed by atoms with van der Waals surface area (Å²) in [4.78, 5) is 30.4. The number of likely N-dealkylation sites (tertiary alicyclic amines) is 1. The molecule has 33 heavy (non-hydrogen) atoms. The second kappa shape index (κ2) is 10.0. The van der Waals surface area contributed by atoms with Crippen molar-refractivity contribution in [3.63, 3.8) is 0 Å². The monoisotopic (exact) mass is 449 g/mol. The fourth-order valence-corrected chi connectivity index (χ4v) is 4.20. The lowest BCUT2D eigenvalue weighted by Gasteiger charge is -2.32. The van der Waals surface area contributed by atoms with Crippen molar-refractivity contribution in [2.75, 3.05) is 18.4 Å². The maximum Gasteiger partial charge on any atom is 0.222 e. The third-order valence-electron chi connectivity index (χ3n) is 5.95. The summed E-state index contributed by atoms with van der Waals surface area (Å²) < 4.78 is 26.5. The van der Waals surface area contributed by atoms with Crippen LogP contribution >= 0.6 is 0 Å². The van der Waals surface area contributed by atoms with Crippen LogP contribution in [0.1, 0.15) is 52.7 Å². The maximum absolute atomic E-state index is 13.4. The first-order valence-electron chi connectivity index (χ1n) is 10.9. The average Bonchev–Trinajstić information content (AvgIpc) is 2.81. The normalized spacial score (nSPS) is 14.8. The number of hydrogen-bond acceptors (Lipinski definition) is 4. The number of aromatic nitrogens is 1. The molecule has 7 heteroatoms. The van der Waals surface area contributed by atoms with Crippen LogP contribution in [0.25, 0.3) is 0 Å². The molecule has 2 heterocycles. The Labute approximate surface area is 191 Å². The lowest BCUT2D eigenvalue weighted by molar-refractivity contribution is -0.114. The number of carbonyl (C=O) groups is 2. The number of ketones is 1. The molecule has 170 valence electrons. The molecular weight excluding hydrogens is 424 g/mol. The van der Waals surface area contributed by atoms with Gasteiger partial charge in [0.15, 0.2) is 17.4 Å². The predicted octanol–water partition coefficient (Wildman–Crippen LogP) is 4.93. The van der Waals surface area contributed by atoms with E-state index in [1.807, 2.05) is 24.3 Å². The van der Waals surface area contributed by atoms with Crippen LogP contribution in [0.2, 0.25) is 0 Å². The number of rotatable bonds is 6. The number of piperidine rings is 1. The molecule has 0 atom stereocenters. The highest BCUT2D eigenvalue weighted by Crippen LogP contribution is 2.29. The zero-order chi connectivity index (χ0) is 23.4. The molecule has 1 amide bonds. The summed E-state index contributed by atoms with van der Waals surface area (Å²) in [6.07, 6.45) is 3.75. The minimum absolute atomic E-state index is 0.126. The number of nitrogens with one attached hydrogen (secondary N) is 1. The van der Waals surface area contributed by atoms with E-state index in [2.05, 4.69) is 15.2 Å². The third-order valence-corrected chi connectivity index (χ3v) is 5.95. The van der Waals surface area contributed by atoms with Gasteiger partial charge in [0.05, 0.1) is 0 Å². The molecule has 0 unspecified atom stereocenters. The molecule has 0 bridgehead atoms. The van der Waals surface area contributed by atoms with Crippen molar-refractivity contribution in [3.05, 3.63) is 94.7 Å². The van der Waals surface area contributed by atoms with Crippen molar-refractivity contribution in [2.24, 2.45) is 0 Å². The number of amides is 1. The predicted molar refractivity (Wildman–Crippen MR) is 122 cm³/mol. The van der Waals surface area contributed by atoms with Gasteiger partial charge in [-0.3, -0.25) is 14.5 Å². The molecule has 1 aliphatic heterocycles. The fourth-order valence-electron chi connectivity index (χ4n) is 4.20. The Morgan fingerprint density at radius 1 is 0.970 bits per heavy atom. The van der Waals surface area contributed by atoms with Crippen LogP contribution in [-0.2, 0) is 11.3 Å². The van der Waals surface area contributed by atoms with Crippen molar-refractivity contribution in [3.8, 4) is 0 Å². The smallest absolute Gasteiger partial charge is 0.222 e. The van der Waals surface area contributed by atoms with Crippen molar-refractivity contribution < 1.29 is 18.4 Å². The minimum atomic E-state index is -1.03. The first kappa shape index (κ1) is 22.7. The maximum atomic E-state index is 13.4. The molecule has 0 spiro atoms. The van der Waals surface area contributed by atoms with Crippen molar-refractivity contribution in [1.29, 1.82) is 0 Å². The molecule has 0 saturated carbocycles. The molecule has 4 rings (SSSR count). The third kappa shape index (κ3) is 5.68. The summed E-state index contributed by atoms with van der Waals surface area (Å²) in [5.41, 5.74) is 2.85. The van der Waals surface area contributed by atoms with E-state index in [0.29, 0.717) is 17.3 Å². The Hall–Kier alpha value is -3.45. The topological polar surface area (TPSA) is 62.3 Å². The largest absolute Gasteiger partial charge is 0.311 e. The second-order valence-corrected chi connectivity index (χ2v) is 8.36. The lowest BCUT2D eigenvalue weighted by Crippen LogP contribution is -2.32. The summed E-state index contributed by atoms with van der Waals surface area (Å²) in [7, 11) is 0. The second-order valence-electron chi connectivity index (χ2n) is 8.36. The summed E-state index contributed by atoms with van der Waals surface area (Å²) in [6, 6.07) is 14.4. The molecule has 1 N–H and O–H groups in total. The van der Waals surface area contributed by atoms with Gasteiger partial charge in [-0.1, -0.05) is 24.3 Å². The van der Waals surface area contributed by atoms with Gasteiger partial charge in [0.2, 0.25) is 5.91 Å². The van der Waals surface area contributed by atoms with Gasteiger partial charge < -0.3 is 5.32 Å². The van der Waals surface area contributed by atoms with E-state index < -0.39 is 11.6 Å². The summed E-state index contributed by atoms with van der Waals surface area (Å²) in [5, 5.41) is 2.73. The summed E-state index contributed by atoms with van der Waals surface area (Å²) in [5.74, 6) is -1.46. The molecular formula is C26H25F2N3O2. The summed E-state index contributed by atoms with van der Waals surface area (Å²) in [6.45, 7) is 4.13. The van der Waals surface area contributed by atoms with E-state index in [4.69, 9.17) is 0 Å². The zero-order valence-electron chi connectivity index (χ0n) is 18.4.